The largest absolute Gasteiger partial charge is 0.496 e. The van der Waals surface area contributed by atoms with Gasteiger partial charge in [0, 0.05) is 55.0 Å². The first-order valence-electron chi connectivity index (χ1n) is 10.00. The topological polar surface area (TPSA) is 45.9 Å². The van der Waals surface area contributed by atoms with Gasteiger partial charge < -0.3 is 19.0 Å². The molecule has 1 saturated heterocycles. The van der Waals surface area contributed by atoms with Gasteiger partial charge in [0.25, 0.3) is 0 Å². The number of benzene rings is 2. The number of piperazine rings is 1. The molecule has 0 radical (unpaired) electrons. The minimum atomic E-state index is -0.243. The predicted molar refractivity (Wildman–Crippen MR) is 116 cm³/mol. The van der Waals surface area contributed by atoms with Gasteiger partial charge in [0.05, 0.1) is 13.4 Å². The van der Waals surface area contributed by atoms with Crippen molar-refractivity contribution in [2.24, 2.45) is 0 Å². The summed E-state index contributed by atoms with van der Waals surface area (Å²) in [6, 6.07) is 10.4. The second-order valence-electron chi connectivity index (χ2n) is 7.58. The smallest absolute Gasteiger partial charge is 0.246 e. The molecular formula is C24H25FN2O3. The molecule has 0 unspecified atom stereocenters. The summed E-state index contributed by atoms with van der Waals surface area (Å²) in [5.41, 5.74) is 4.52. The van der Waals surface area contributed by atoms with Crippen LogP contribution in [0.4, 0.5) is 10.1 Å². The van der Waals surface area contributed by atoms with E-state index in [9.17, 15) is 9.18 Å². The molecule has 0 atom stereocenters. The number of rotatable bonds is 4. The monoisotopic (exact) mass is 408 g/mol. The number of hydrogen-bond donors (Lipinski definition) is 0. The van der Waals surface area contributed by atoms with E-state index in [0.29, 0.717) is 31.9 Å². The van der Waals surface area contributed by atoms with Crippen molar-refractivity contribution < 1.29 is 18.3 Å². The van der Waals surface area contributed by atoms with Crippen molar-refractivity contribution in [1.29, 1.82) is 0 Å². The molecule has 0 N–H and O–H groups in total. The van der Waals surface area contributed by atoms with Crippen LogP contribution in [-0.4, -0.2) is 44.1 Å². The Morgan fingerprint density at radius 1 is 1.13 bits per heavy atom. The van der Waals surface area contributed by atoms with Gasteiger partial charge >= 0.3 is 0 Å². The molecule has 4 rings (SSSR count). The highest BCUT2D eigenvalue weighted by molar-refractivity contribution is 5.97. The normalized spacial score (nSPS) is 15.0. The summed E-state index contributed by atoms with van der Waals surface area (Å²) in [5.74, 6) is 0.421. The van der Waals surface area contributed by atoms with Gasteiger partial charge in [-0.05, 0) is 55.3 Å². The molecule has 0 saturated carbocycles. The number of methoxy groups -OCH3 is 1. The van der Waals surface area contributed by atoms with E-state index in [1.165, 1.54) is 12.1 Å². The second-order valence-corrected chi connectivity index (χ2v) is 7.58. The fourth-order valence-electron chi connectivity index (χ4n) is 3.85. The first kappa shape index (κ1) is 20.0. The molecule has 156 valence electrons. The maximum absolute atomic E-state index is 13.1. The molecule has 3 aromatic rings. The Kier molecular flexibility index (Phi) is 5.48. The Morgan fingerprint density at radius 2 is 1.83 bits per heavy atom. The van der Waals surface area contributed by atoms with E-state index in [1.54, 1.807) is 31.6 Å². The van der Waals surface area contributed by atoms with E-state index >= 15 is 0 Å². The summed E-state index contributed by atoms with van der Waals surface area (Å²) in [6.07, 6.45) is 3.39. The maximum Gasteiger partial charge on any atom is 0.246 e. The molecule has 0 aliphatic carbocycles. The average molecular weight is 408 g/mol. The number of nitrogens with zero attached hydrogens (tertiary/aromatic N) is 2. The van der Waals surface area contributed by atoms with E-state index in [-0.39, 0.29) is 11.7 Å². The van der Waals surface area contributed by atoms with Gasteiger partial charge in [-0.1, -0.05) is 0 Å². The van der Waals surface area contributed by atoms with Crippen LogP contribution in [0.1, 0.15) is 18.1 Å². The van der Waals surface area contributed by atoms with Crippen LogP contribution in [0, 0.1) is 12.7 Å². The van der Waals surface area contributed by atoms with Gasteiger partial charge in [-0.2, -0.15) is 0 Å². The highest BCUT2D eigenvalue weighted by atomic mass is 19.1. The van der Waals surface area contributed by atoms with Crippen molar-refractivity contribution >= 4 is 28.1 Å². The van der Waals surface area contributed by atoms with Crippen molar-refractivity contribution in [2.45, 2.75) is 13.8 Å². The summed E-state index contributed by atoms with van der Waals surface area (Å²) >= 11 is 0. The van der Waals surface area contributed by atoms with Crippen LogP contribution >= 0.6 is 0 Å². The van der Waals surface area contributed by atoms with Crippen LogP contribution in [0.15, 0.2) is 53.2 Å². The van der Waals surface area contributed by atoms with Gasteiger partial charge in [0.2, 0.25) is 5.91 Å². The zero-order valence-electron chi connectivity index (χ0n) is 17.4. The number of aryl methyl sites for hydroxylation is 1. The lowest BCUT2D eigenvalue weighted by Crippen LogP contribution is -2.48. The fourth-order valence-corrected chi connectivity index (χ4v) is 3.85. The number of carbonyl (C=O) groups excluding carboxylic acids is 1. The molecular weight excluding hydrogens is 383 g/mol. The molecule has 1 fully saturated rings. The van der Waals surface area contributed by atoms with E-state index in [4.69, 9.17) is 9.15 Å². The van der Waals surface area contributed by atoms with Crippen LogP contribution in [0.25, 0.3) is 16.5 Å². The van der Waals surface area contributed by atoms with Crippen molar-refractivity contribution in [3.8, 4) is 5.75 Å². The van der Waals surface area contributed by atoms with E-state index < -0.39 is 0 Å². The zero-order chi connectivity index (χ0) is 21.3. The number of amides is 1. The first-order chi connectivity index (χ1) is 14.5. The summed E-state index contributed by atoms with van der Waals surface area (Å²) in [7, 11) is 1.62. The first-order valence-corrected chi connectivity index (χ1v) is 10.00. The van der Waals surface area contributed by atoms with Crippen molar-refractivity contribution in [3.63, 3.8) is 0 Å². The van der Waals surface area contributed by atoms with E-state index in [1.807, 2.05) is 30.9 Å². The molecule has 5 nitrogen and oxygen atoms in total. The number of ether oxygens (including phenoxy) is 1. The average Bonchev–Trinajstić information content (AvgIpc) is 3.13. The number of carbonyl (C=O) groups is 1. The Morgan fingerprint density at radius 3 is 2.50 bits per heavy atom. The lowest BCUT2D eigenvalue weighted by Gasteiger charge is -2.35. The molecule has 2 aromatic carbocycles. The molecule has 1 aliphatic rings. The van der Waals surface area contributed by atoms with Crippen molar-refractivity contribution in [1.82, 2.24) is 4.90 Å². The molecule has 1 amide bonds. The third kappa shape index (κ3) is 3.90. The summed E-state index contributed by atoms with van der Waals surface area (Å²) in [6.45, 7) is 6.59. The highest BCUT2D eigenvalue weighted by Crippen LogP contribution is 2.33. The molecule has 2 heterocycles. The summed E-state index contributed by atoms with van der Waals surface area (Å²) < 4.78 is 24.2. The Labute approximate surface area is 175 Å². The molecule has 1 aromatic heterocycles. The molecule has 0 spiro atoms. The fraction of sp³-hybridized carbons (Fsp3) is 0.292. The summed E-state index contributed by atoms with van der Waals surface area (Å²) in [4.78, 5) is 16.9. The third-order valence-electron chi connectivity index (χ3n) is 5.64. The number of hydrogen-bond acceptors (Lipinski definition) is 4. The van der Waals surface area contributed by atoms with Gasteiger partial charge in [0.1, 0.15) is 17.1 Å². The molecule has 6 heteroatoms. The van der Waals surface area contributed by atoms with Crippen LogP contribution < -0.4 is 9.64 Å². The quantitative estimate of drug-likeness (QED) is 0.590. The standard InChI is InChI=1S/C24H25FN2O3/c1-16(20-13-21-17(2)15-30-23(21)14-22(20)29-3)12-24(28)27-10-8-26(9-11-27)19-6-4-18(25)5-7-19/h4-7,12-15H,8-11H2,1-3H3/b16-12+. The maximum atomic E-state index is 13.1. The van der Waals surface area contributed by atoms with Crippen molar-refractivity contribution in [2.75, 3.05) is 38.2 Å². The molecule has 0 bridgehead atoms. The van der Waals surface area contributed by atoms with Crippen molar-refractivity contribution in [3.05, 3.63) is 65.7 Å². The Bertz CT molecular complexity index is 1090. The van der Waals surface area contributed by atoms with Gasteiger partial charge in [-0.15, -0.1) is 0 Å². The third-order valence-corrected chi connectivity index (χ3v) is 5.64. The molecule has 30 heavy (non-hydrogen) atoms. The summed E-state index contributed by atoms with van der Waals surface area (Å²) in [5, 5.41) is 1.01. The zero-order valence-corrected chi connectivity index (χ0v) is 17.4. The van der Waals surface area contributed by atoms with E-state index in [2.05, 4.69) is 4.90 Å². The van der Waals surface area contributed by atoms with Crippen LogP contribution in [-0.2, 0) is 4.79 Å². The van der Waals surface area contributed by atoms with Gasteiger partial charge in [-0.3, -0.25) is 4.79 Å². The Hall–Kier alpha value is -3.28. The number of fused-ring (bicyclic) bond motifs is 1. The number of halogens is 1. The van der Waals surface area contributed by atoms with Crippen LogP contribution in [0.2, 0.25) is 0 Å². The minimum absolute atomic E-state index is 0.0164. The van der Waals surface area contributed by atoms with Crippen LogP contribution in [0.5, 0.6) is 5.75 Å². The predicted octanol–water partition coefficient (Wildman–Crippen LogP) is 4.64. The van der Waals surface area contributed by atoms with E-state index in [0.717, 1.165) is 33.4 Å². The minimum Gasteiger partial charge on any atom is -0.496 e. The number of furan rings is 1. The highest BCUT2D eigenvalue weighted by Gasteiger charge is 2.21. The second kappa shape index (κ2) is 8.22. The lowest BCUT2D eigenvalue weighted by atomic mass is 10.0. The van der Waals surface area contributed by atoms with Gasteiger partial charge in [-0.25, -0.2) is 4.39 Å². The SMILES string of the molecule is COc1cc2occ(C)c2cc1/C(C)=C/C(=O)N1CCN(c2ccc(F)cc2)CC1. The number of allylic oxidation sites excluding steroid dienone is 1. The lowest BCUT2D eigenvalue weighted by molar-refractivity contribution is -0.126. The van der Waals surface area contributed by atoms with Gasteiger partial charge in [0.15, 0.2) is 0 Å². The Balaban J connectivity index is 1.48. The number of anilines is 1. The van der Waals surface area contributed by atoms with Crippen LogP contribution in [0.3, 0.4) is 0 Å². The molecule has 1 aliphatic heterocycles.